The Labute approximate surface area is 161 Å². The molecule has 27 heavy (non-hydrogen) atoms. The Morgan fingerprint density at radius 1 is 1.33 bits per heavy atom. The Hall–Kier alpha value is -2.45. The van der Waals surface area contributed by atoms with Crippen molar-refractivity contribution in [2.45, 2.75) is 39.3 Å². The van der Waals surface area contributed by atoms with Gasteiger partial charge in [-0.05, 0) is 38.2 Å². The van der Waals surface area contributed by atoms with Crippen LogP contribution in [0.3, 0.4) is 0 Å². The minimum absolute atomic E-state index is 0.257. The summed E-state index contributed by atoms with van der Waals surface area (Å²) in [4.78, 5) is 14.2. The van der Waals surface area contributed by atoms with Gasteiger partial charge in [-0.3, -0.25) is 4.90 Å². The topological polar surface area (TPSA) is 108 Å². The molecule has 0 saturated heterocycles. The van der Waals surface area contributed by atoms with E-state index in [4.69, 9.17) is 10.5 Å². The van der Waals surface area contributed by atoms with Crippen molar-refractivity contribution in [2.75, 3.05) is 13.1 Å². The van der Waals surface area contributed by atoms with Crippen molar-refractivity contribution in [3.05, 3.63) is 54.4 Å². The Balaban J connectivity index is 2.92. The fraction of sp³-hybridized carbons (Fsp3) is 0.421. The molecule has 0 saturated carbocycles. The lowest BCUT2D eigenvalue weighted by Crippen LogP contribution is -2.39. The van der Waals surface area contributed by atoms with E-state index in [1.165, 1.54) is 11.1 Å². The van der Waals surface area contributed by atoms with Crippen LogP contribution < -0.4 is 16.5 Å². The van der Waals surface area contributed by atoms with Gasteiger partial charge in [-0.1, -0.05) is 30.3 Å². The maximum atomic E-state index is 12.6. The summed E-state index contributed by atoms with van der Waals surface area (Å²) in [6.45, 7) is 10.3. The lowest BCUT2D eigenvalue weighted by molar-refractivity contribution is 0.0249. The van der Waals surface area contributed by atoms with Crippen molar-refractivity contribution in [3.8, 4) is 0 Å². The number of nitrogens with zero attached hydrogens (tertiary/aromatic N) is 1. The smallest absolute Gasteiger partial charge is 0.444 e. The van der Waals surface area contributed by atoms with Gasteiger partial charge in [0.15, 0.2) is 0 Å². The third-order valence-corrected chi connectivity index (χ3v) is 3.57. The molecule has 148 valence electrons. The molecule has 8 heteroatoms. The molecule has 0 aliphatic heterocycles. The quantitative estimate of drug-likeness (QED) is 0.292. The van der Waals surface area contributed by atoms with E-state index in [-0.39, 0.29) is 13.1 Å². The second kappa shape index (κ2) is 10.6. The SMILES string of the molecule is C=CCCN/C(=C\N)CN(Cc1ccc(B(O)O)cc1)C(=O)OC(C)(C)C. The lowest BCUT2D eigenvalue weighted by atomic mass is 9.80. The highest BCUT2D eigenvalue weighted by molar-refractivity contribution is 6.58. The number of nitrogens with two attached hydrogens (primary N) is 1. The number of hydrogen-bond acceptors (Lipinski definition) is 6. The molecule has 0 bridgehead atoms. The third kappa shape index (κ3) is 8.66. The number of hydrogen-bond donors (Lipinski definition) is 4. The molecule has 0 heterocycles. The summed E-state index contributed by atoms with van der Waals surface area (Å²) in [6, 6.07) is 6.69. The minimum atomic E-state index is -1.53. The summed E-state index contributed by atoms with van der Waals surface area (Å²) in [5.41, 5.74) is 6.98. The molecule has 0 radical (unpaired) electrons. The maximum absolute atomic E-state index is 12.6. The summed E-state index contributed by atoms with van der Waals surface area (Å²) in [7, 11) is -1.53. The number of rotatable bonds is 9. The van der Waals surface area contributed by atoms with Crippen molar-refractivity contribution in [1.29, 1.82) is 0 Å². The zero-order valence-electron chi connectivity index (χ0n) is 16.3. The molecule has 1 aromatic carbocycles. The van der Waals surface area contributed by atoms with Crippen LogP contribution in [0.2, 0.25) is 0 Å². The van der Waals surface area contributed by atoms with Crippen molar-refractivity contribution in [1.82, 2.24) is 10.2 Å². The molecular weight excluding hydrogens is 345 g/mol. The average molecular weight is 375 g/mol. The molecule has 0 unspecified atom stereocenters. The van der Waals surface area contributed by atoms with E-state index in [2.05, 4.69) is 11.9 Å². The minimum Gasteiger partial charge on any atom is -0.444 e. The highest BCUT2D eigenvalue weighted by Gasteiger charge is 2.23. The molecule has 1 rings (SSSR count). The average Bonchev–Trinajstić information content (AvgIpc) is 2.59. The number of carbonyl (C=O) groups excluding carboxylic acids is 1. The molecule has 0 atom stereocenters. The number of ether oxygens (including phenoxy) is 1. The normalized spacial score (nSPS) is 11.7. The summed E-state index contributed by atoms with van der Waals surface area (Å²) in [6.07, 6.45) is 3.54. The van der Waals surface area contributed by atoms with Gasteiger partial charge in [-0.2, -0.15) is 0 Å². The first-order valence-corrected chi connectivity index (χ1v) is 8.84. The van der Waals surface area contributed by atoms with E-state index >= 15 is 0 Å². The van der Waals surface area contributed by atoms with Crippen molar-refractivity contribution in [3.63, 3.8) is 0 Å². The van der Waals surface area contributed by atoms with Crippen LogP contribution >= 0.6 is 0 Å². The van der Waals surface area contributed by atoms with Crippen molar-refractivity contribution < 1.29 is 19.6 Å². The van der Waals surface area contributed by atoms with Crippen LogP contribution in [0, 0.1) is 0 Å². The van der Waals surface area contributed by atoms with Gasteiger partial charge in [-0.25, -0.2) is 4.79 Å². The van der Waals surface area contributed by atoms with Gasteiger partial charge in [0.25, 0.3) is 0 Å². The van der Waals surface area contributed by atoms with Gasteiger partial charge in [0.1, 0.15) is 5.60 Å². The summed E-state index contributed by atoms with van der Waals surface area (Å²) in [5, 5.41) is 21.6. The van der Waals surface area contributed by atoms with E-state index in [9.17, 15) is 14.8 Å². The van der Waals surface area contributed by atoms with Gasteiger partial charge in [0.2, 0.25) is 0 Å². The molecule has 7 nitrogen and oxygen atoms in total. The van der Waals surface area contributed by atoms with E-state index < -0.39 is 18.8 Å². The van der Waals surface area contributed by atoms with E-state index in [0.717, 1.165) is 12.0 Å². The van der Waals surface area contributed by atoms with Gasteiger partial charge in [-0.15, -0.1) is 6.58 Å². The van der Waals surface area contributed by atoms with Crippen LogP contribution in [0.25, 0.3) is 0 Å². The van der Waals surface area contributed by atoms with Crippen LogP contribution in [0.15, 0.2) is 48.8 Å². The molecule has 1 aromatic rings. The largest absolute Gasteiger partial charge is 0.488 e. The first kappa shape index (κ1) is 22.6. The highest BCUT2D eigenvalue weighted by atomic mass is 16.6. The first-order valence-electron chi connectivity index (χ1n) is 8.84. The van der Waals surface area contributed by atoms with Crippen LogP contribution in [-0.4, -0.2) is 46.9 Å². The summed E-state index contributed by atoms with van der Waals surface area (Å²) in [5.74, 6) is 0. The second-order valence-corrected chi connectivity index (χ2v) is 7.15. The standard InChI is InChI=1S/C19H30BN3O4/c1-5-6-11-22-17(12-21)14-23(18(24)27-19(2,3)4)13-15-7-9-16(10-8-15)20(25)26/h5,7-10,12,22,25-26H,1,6,11,13-14,21H2,2-4H3/b17-12-. The van der Waals surface area contributed by atoms with Crippen molar-refractivity contribution >= 4 is 18.7 Å². The summed E-state index contributed by atoms with van der Waals surface area (Å²) >= 11 is 0. The predicted octanol–water partition coefficient (Wildman–Crippen LogP) is 1.07. The summed E-state index contributed by atoms with van der Waals surface area (Å²) < 4.78 is 5.50. The van der Waals surface area contributed by atoms with E-state index in [1.54, 1.807) is 30.3 Å². The molecule has 0 aliphatic carbocycles. The number of amides is 1. The first-order chi connectivity index (χ1) is 12.7. The fourth-order valence-corrected chi connectivity index (χ4v) is 2.23. The molecule has 0 spiro atoms. The lowest BCUT2D eigenvalue weighted by Gasteiger charge is -2.28. The third-order valence-electron chi connectivity index (χ3n) is 3.57. The molecule has 1 amide bonds. The zero-order valence-corrected chi connectivity index (χ0v) is 16.3. The Morgan fingerprint density at radius 3 is 2.44 bits per heavy atom. The molecule has 0 aromatic heterocycles. The Kier molecular flexibility index (Phi) is 8.91. The molecular formula is C19H30BN3O4. The monoisotopic (exact) mass is 375 g/mol. The molecule has 0 fully saturated rings. The van der Waals surface area contributed by atoms with Gasteiger partial charge >= 0.3 is 13.2 Å². The van der Waals surface area contributed by atoms with Crippen LogP contribution in [0.4, 0.5) is 4.79 Å². The predicted molar refractivity (Wildman–Crippen MR) is 108 cm³/mol. The highest BCUT2D eigenvalue weighted by Crippen LogP contribution is 2.13. The van der Waals surface area contributed by atoms with Crippen LogP contribution in [-0.2, 0) is 11.3 Å². The zero-order chi connectivity index (χ0) is 20.4. The fourth-order valence-electron chi connectivity index (χ4n) is 2.23. The van der Waals surface area contributed by atoms with Crippen molar-refractivity contribution in [2.24, 2.45) is 5.73 Å². The maximum Gasteiger partial charge on any atom is 0.488 e. The number of nitrogens with one attached hydrogen (secondary N) is 1. The van der Waals surface area contributed by atoms with Gasteiger partial charge in [0.05, 0.1) is 6.54 Å². The van der Waals surface area contributed by atoms with Crippen LogP contribution in [0.1, 0.15) is 32.8 Å². The van der Waals surface area contributed by atoms with E-state index in [0.29, 0.717) is 17.7 Å². The van der Waals surface area contributed by atoms with E-state index in [1.807, 2.05) is 20.8 Å². The number of carbonyl (C=O) groups is 1. The van der Waals surface area contributed by atoms with Crippen LogP contribution in [0.5, 0.6) is 0 Å². The Morgan fingerprint density at radius 2 is 1.96 bits per heavy atom. The Bertz CT molecular complexity index is 639. The van der Waals surface area contributed by atoms with Gasteiger partial charge < -0.3 is 25.8 Å². The molecule has 0 aliphatic rings. The number of benzene rings is 1. The van der Waals surface area contributed by atoms with Gasteiger partial charge in [0, 0.05) is 25.0 Å². The molecule has 5 N–H and O–H groups in total. The second-order valence-electron chi connectivity index (χ2n) is 7.15.